The van der Waals surface area contributed by atoms with Crippen LogP contribution in [0.25, 0.3) is 10.9 Å². The van der Waals surface area contributed by atoms with Crippen LogP contribution in [0.3, 0.4) is 0 Å². The van der Waals surface area contributed by atoms with Crippen molar-refractivity contribution in [3.05, 3.63) is 30.0 Å². The van der Waals surface area contributed by atoms with Gasteiger partial charge >= 0.3 is 6.09 Å². The van der Waals surface area contributed by atoms with Gasteiger partial charge in [-0.1, -0.05) is 60.3 Å². The number of fused-ring (bicyclic) bond motifs is 1. The second-order valence-corrected chi connectivity index (χ2v) is 13.7. The summed E-state index contributed by atoms with van der Waals surface area (Å²) >= 11 is 0. The minimum Gasteiger partial charge on any atom is -0.497 e. The molecule has 12 heteroatoms. The van der Waals surface area contributed by atoms with Gasteiger partial charge in [0, 0.05) is 11.8 Å². The van der Waals surface area contributed by atoms with Crippen molar-refractivity contribution in [2.45, 2.75) is 110 Å². The zero-order valence-electron chi connectivity index (χ0n) is 27.9. The van der Waals surface area contributed by atoms with Crippen molar-refractivity contribution >= 4 is 34.7 Å². The predicted octanol–water partition coefficient (Wildman–Crippen LogP) is 4.17. The number of carbonyl (C=O) groups is 4. The summed E-state index contributed by atoms with van der Waals surface area (Å²) in [4.78, 5) is 58.3. The lowest BCUT2D eigenvalue weighted by atomic mass is 9.85. The van der Waals surface area contributed by atoms with Crippen molar-refractivity contribution in [2.75, 3.05) is 13.7 Å². The van der Waals surface area contributed by atoms with Gasteiger partial charge in [0.25, 0.3) is 0 Å². The topological polar surface area (TPSA) is 173 Å². The average molecular weight is 640 g/mol. The van der Waals surface area contributed by atoms with Crippen LogP contribution in [-0.4, -0.2) is 76.2 Å². The van der Waals surface area contributed by atoms with E-state index >= 15 is 0 Å². The van der Waals surface area contributed by atoms with Crippen LogP contribution in [-0.2, 0) is 20.8 Å². The molecule has 252 valence electrons. The monoisotopic (exact) mass is 639 g/mol. The first-order valence-electron chi connectivity index (χ1n) is 16.3. The van der Waals surface area contributed by atoms with Crippen LogP contribution in [0.1, 0.15) is 85.3 Å². The number of unbranched alkanes of at least 4 members (excludes halogenated alkanes) is 3. The van der Waals surface area contributed by atoms with Crippen LogP contribution in [0, 0.1) is 11.3 Å². The SMILES string of the molecule is CCCCCCc1nc2ccc(OC)cc2cc1O[C@@H]1C[C@@H](C(=O)NC2(C(N)=O)CC2CC)N(C(=O)[C@@H](NC(=O)O)C(C)(C)C)C1. The summed E-state index contributed by atoms with van der Waals surface area (Å²) in [6, 6.07) is 5.43. The first-order chi connectivity index (χ1) is 21.7. The number of amides is 4. The smallest absolute Gasteiger partial charge is 0.405 e. The minimum absolute atomic E-state index is 0.0387. The number of ether oxygens (including phenoxy) is 2. The fourth-order valence-electron chi connectivity index (χ4n) is 6.44. The summed E-state index contributed by atoms with van der Waals surface area (Å²) in [5.41, 5.74) is 5.37. The minimum atomic E-state index is -1.34. The van der Waals surface area contributed by atoms with E-state index in [1.165, 1.54) is 4.90 Å². The Hall–Kier alpha value is -4.09. The highest BCUT2D eigenvalue weighted by Crippen LogP contribution is 2.46. The van der Waals surface area contributed by atoms with Crippen LogP contribution in [0.5, 0.6) is 11.5 Å². The van der Waals surface area contributed by atoms with Gasteiger partial charge in [0.2, 0.25) is 17.7 Å². The molecule has 1 aliphatic heterocycles. The van der Waals surface area contributed by atoms with E-state index in [4.69, 9.17) is 20.2 Å². The molecule has 4 rings (SSSR count). The molecule has 5 atom stereocenters. The van der Waals surface area contributed by atoms with Gasteiger partial charge in [-0.2, -0.15) is 0 Å². The van der Waals surface area contributed by atoms with Crippen LogP contribution in [0.4, 0.5) is 4.79 Å². The van der Waals surface area contributed by atoms with E-state index in [9.17, 15) is 24.3 Å². The van der Waals surface area contributed by atoms with Crippen molar-refractivity contribution < 1.29 is 33.8 Å². The number of hydrogen-bond acceptors (Lipinski definition) is 7. The normalized spacial score (nSPS) is 23.1. The molecule has 12 nitrogen and oxygen atoms in total. The Balaban J connectivity index is 1.67. The first-order valence-corrected chi connectivity index (χ1v) is 16.3. The maximum Gasteiger partial charge on any atom is 0.405 e. The van der Waals surface area contributed by atoms with Crippen molar-refractivity contribution in [3.63, 3.8) is 0 Å². The Bertz CT molecular complexity index is 1460. The number of carbonyl (C=O) groups excluding carboxylic acids is 3. The van der Waals surface area contributed by atoms with Crippen molar-refractivity contribution in [3.8, 4) is 11.5 Å². The number of pyridine rings is 1. The largest absolute Gasteiger partial charge is 0.497 e. The fourth-order valence-corrected chi connectivity index (χ4v) is 6.44. The number of hydrogen-bond donors (Lipinski definition) is 4. The lowest BCUT2D eigenvalue weighted by Crippen LogP contribution is -2.59. The molecule has 2 fully saturated rings. The summed E-state index contributed by atoms with van der Waals surface area (Å²) in [6.07, 6.45) is 4.19. The van der Waals surface area contributed by atoms with Crippen LogP contribution >= 0.6 is 0 Å². The quantitative estimate of drug-likeness (QED) is 0.223. The van der Waals surface area contributed by atoms with E-state index in [0.717, 1.165) is 42.3 Å². The second-order valence-electron chi connectivity index (χ2n) is 13.7. The van der Waals surface area contributed by atoms with E-state index in [1.807, 2.05) is 31.2 Å². The van der Waals surface area contributed by atoms with Gasteiger partial charge in [0.05, 0.1) is 24.9 Å². The Labute approximate surface area is 270 Å². The highest BCUT2D eigenvalue weighted by molar-refractivity contribution is 5.97. The number of aromatic nitrogens is 1. The third-order valence-corrected chi connectivity index (χ3v) is 9.24. The fraction of sp³-hybridized carbons (Fsp3) is 0.618. The molecule has 1 aliphatic carbocycles. The predicted molar refractivity (Wildman–Crippen MR) is 174 cm³/mol. The molecule has 0 bridgehead atoms. The zero-order chi connectivity index (χ0) is 33.8. The zero-order valence-corrected chi connectivity index (χ0v) is 27.9. The number of rotatable bonds is 14. The second kappa shape index (κ2) is 14.1. The lowest BCUT2D eigenvalue weighted by Gasteiger charge is -2.35. The summed E-state index contributed by atoms with van der Waals surface area (Å²) in [5.74, 6) is -0.510. The number of likely N-dealkylation sites (tertiary alicyclic amines) is 1. The molecule has 0 spiro atoms. The molecule has 4 amide bonds. The van der Waals surface area contributed by atoms with Crippen molar-refractivity contribution in [1.82, 2.24) is 20.5 Å². The standard InChI is InChI=1S/C34H49N5O7/c1-7-9-10-11-12-25-27(16-20-15-22(45-6)13-14-24(20)36-25)46-23-17-26(29(40)38-34(31(35)42)18-21(34)8-2)39(19-23)30(41)28(33(3,4)5)37-32(43)44/h13-16,21,23,26,28,37H,7-12,17-19H2,1-6H3,(H2,35,42)(H,38,40)(H,43,44)/t21?,23-,26+,28-,34?/m1/s1. The molecule has 1 aromatic heterocycles. The van der Waals surface area contributed by atoms with Crippen molar-refractivity contribution in [2.24, 2.45) is 17.1 Å². The molecule has 1 aromatic carbocycles. The Morgan fingerprint density at radius 1 is 1.15 bits per heavy atom. The summed E-state index contributed by atoms with van der Waals surface area (Å²) < 4.78 is 12.0. The van der Waals surface area contributed by atoms with Crippen LogP contribution in [0.2, 0.25) is 0 Å². The number of nitrogens with two attached hydrogens (primary N) is 1. The molecular formula is C34H49N5O7. The third kappa shape index (κ3) is 7.64. The molecule has 2 unspecified atom stereocenters. The van der Waals surface area contributed by atoms with Gasteiger partial charge in [0.15, 0.2) is 0 Å². The summed E-state index contributed by atoms with van der Waals surface area (Å²) in [6.45, 7) is 9.38. The molecule has 2 aliphatic rings. The number of methoxy groups -OCH3 is 1. The average Bonchev–Trinajstić information content (AvgIpc) is 3.56. The molecule has 5 N–H and O–H groups in total. The highest BCUT2D eigenvalue weighted by atomic mass is 16.5. The lowest BCUT2D eigenvalue weighted by molar-refractivity contribution is -0.142. The van der Waals surface area contributed by atoms with Crippen LogP contribution < -0.4 is 25.8 Å². The Morgan fingerprint density at radius 2 is 1.89 bits per heavy atom. The van der Waals surface area contributed by atoms with Gasteiger partial charge in [-0.05, 0) is 54.9 Å². The van der Waals surface area contributed by atoms with Gasteiger partial charge < -0.3 is 35.8 Å². The number of carboxylic acid groups (broad SMARTS) is 1. The Morgan fingerprint density at radius 3 is 2.48 bits per heavy atom. The van der Waals surface area contributed by atoms with E-state index in [2.05, 4.69) is 17.6 Å². The highest BCUT2D eigenvalue weighted by Gasteiger charge is 2.60. The molecular weight excluding hydrogens is 590 g/mol. The molecule has 1 saturated carbocycles. The number of nitrogens with zero attached hydrogens (tertiary/aromatic N) is 2. The van der Waals surface area contributed by atoms with Gasteiger partial charge in [-0.15, -0.1) is 0 Å². The number of benzene rings is 1. The summed E-state index contributed by atoms with van der Waals surface area (Å²) in [7, 11) is 1.60. The number of nitrogens with one attached hydrogen (secondary N) is 2. The van der Waals surface area contributed by atoms with E-state index in [1.54, 1.807) is 27.9 Å². The molecule has 0 radical (unpaired) electrons. The first kappa shape index (κ1) is 34.8. The molecule has 2 aromatic rings. The van der Waals surface area contributed by atoms with Crippen molar-refractivity contribution in [1.29, 1.82) is 0 Å². The maximum atomic E-state index is 14.0. The molecule has 2 heterocycles. The van der Waals surface area contributed by atoms with Gasteiger partial charge in [-0.25, -0.2) is 9.78 Å². The maximum absolute atomic E-state index is 14.0. The Kier molecular flexibility index (Phi) is 10.7. The number of aryl methyl sites for hydroxylation is 1. The van der Waals surface area contributed by atoms with Gasteiger partial charge in [-0.3, -0.25) is 14.4 Å². The third-order valence-electron chi connectivity index (χ3n) is 9.24. The number of primary amides is 1. The molecule has 46 heavy (non-hydrogen) atoms. The van der Waals surface area contributed by atoms with E-state index < -0.39 is 53.0 Å². The van der Waals surface area contributed by atoms with E-state index in [-0.39, 0.29) is 18.9 Å². The van der Waals surface area contributed by atoms with Gasteiger partial charge in [0.1, 0.15) is 35.2 Å². The van der Waals surface area contributed by atoms with E-state index in [0.29, 0.717) is 30.8 Å². The van der Waals surface area contributed by atoms with Crippen LogP contribution in [0.15, 0.2) is 24.3 Å². The molecule has 1 saturated heterocycles. The summed E-state index contributed by atoms with van der Waals surface area (Å²) in [5, 5.41) is 15.6.